The van der Waals surface area contributed by atoms with Gasteiger partial charge in [0.1, 0.15) is 11.4 Å². The van der Waals surface area contributed by atoms with Crippen molar-refractivity contribution in [1.82, 2.24) is 20.0 Å². The molecule has 0 spiro atoms. The number of anilines is 1. The van der Waals surface area contributed by atoms with Crippen molar-refractivity contribution in [3.63, 3.8) is 0 Å². The second-order valence-electron chi connectivity index (χ2n) is 8.33. The van der Waals surface area contributed by atoms with Crippen molar-refractivity contribution >= 4 is 21.6 Å². The highest BCUT2D eigenvalue weighted by atomic mass is 32.2. The van der Waals surface area contributed by atoms with Crippen molar-refractivity contribution in [3.05, 3.63) is 60.3 Å². The number of carbonyl (C=O) groups excluding carboxylic acids is 1. The van der Waals surface area contributed by atoms with Crippen LogP contribution in [0.4, 0.5) is 5.69 Å². The molecule has 2 aliphatic rings. The monoisotopic (exact) mass is 481 g/mol. The van der Waals surface area contributed by atoms with Crippen molar-refractivity contribution in [2.24, 2.45) is 0 Å². The van der Waals surface area contributed by atoms with Gasteiger partial charge < -0.3 is 10.1 Å². The molecule has 3 aromatic rings. The molecule has 1 saturated heterocycles. The lowest BCUT2D eigenvalue weighted by atomic mass is 10.1. The number of hydrogen-bond donors (Lipinski definition) is 1. The molecule has 5 rings (SSSR count). The van der Waals surface area contributed by atoms with E-state index < -0.39 is 15.9 Å². The molecule has 9 nitrogen and oxygen atoms in total. The molecule has 0 aliphatic carbocycles. The quantitative estimate of drug-likeness (QED) is 0.542. The summed E-state index contributed by atoms with van der Waals surface area (Å²) in [7, 11) is -2.35. The molecule has 0 unspecified atom stereocenters. The predicted molar refractivity (Wildman–Crippen MR) is 129 cm³/mol. The molecule has 1 fully saturated rings. The van der Waals surface area contributed by atoms with Gasteiger partial charge in [0.2, 0.25) is 0 Å². The van der Waals surface area contributed by atoms with Crippen molar-refractivity contribution in [3.8, 4) is 16.9 Å². The number of nitrogens with one attached hydrogen (secondary N) is 1. The molecule has 1 amide bonds. The highest BCUT2D eigenvalue weighted by Gasteiger charge is 2.39. The molecule has 3 heterocycles. The number of carbonyl (C=O) groups is 1. The van der Waals surface area contributed by atoms with Gasteiger partial charge in [0.05, 0.1) is 23.8 Å². The van der Waals surface area contributed by atoms with Gasteiger partial charge in [0.25, 0.3) is 15.9 Å². The van der Waals surface area contributed by atoms with Gasteiger partial charge in [-0.25, -0.2) is 13.1 Å². The third kappa shape index (κ3) is 3.97. The minimum absolute atomic E-state index is 0.0887. The van der Waals surface area contributed by atoms with E-state index >= 15 is 0 Å². The molecule has 34 heavy (non-hydrogen) atoms. The summed E-state index contributed by atoms with van der Waals surface area (Å²) in [5.74, 6) is -0.394. The minimum atomic E-state index is -3.82. The van der Waals surface area contributed by atoms with E-state index in [1.165, 1.54) is 11.4 Å². The number of rotatable bonds is 6. The summed E-state index contributed by atoms with van der Waals surface area (Å²) in [4.78, 5) is 15.7. The van der Waals surface area contributed by atoms with Crippen LogP contribution in [0, 0.1) is 0 Å². The summed E-state index contributed by atoms with van der Waals surface area (Å²) >= 11 is 0. The zero-order valence-corrected chi connectivity index (χ0v) is 19.8. The maximum absolute atomic E-state index is 13.3. The summed E-state index contributed by atoms with van der Waals surface area (Å²) in [6, 6.07) is 16.2. The first-order valence-corrected chi connectivity index (χ1v) is 12.8. The summed E-state index contributed by atoms with van der Waals surface area (Å²) in [5, 5.41) is 7.55. The van der Waals surface area contributed by atoms with Gasteiger partial charge in [-0.2, -0.15) is 5.10 Å². The number of aromatic nitrogens is 2. The number of morpholine rings is 1. The van der Waals surface area contributed by atoms with Crippen LogP contribution in [0.25, 0.3) is 16.9 Å². The van der Waals surface area contributed by atoms with Gasteiger partial charge in [-0.15, -0.1) is 0 Å². The average molecular weight is 482 g/mol. The Labute approximate surface area is 199 Å². The fraction of sp³-hybridized carbons (Fsp3) is 0.333. The summed E-state index contributed by atoms with van der Waals surface area (Å²) in [6.45, 7) is 4.59. The zero-order chi connectivity index (χ0) is 23.7. The van der Waals surface area contributed by atoms with Crippen LogP contribution in [0.15, 0.2) is 59.5 Å². The van der Waals surface area contributed by atoms with Crippen LogP contribution in [-0.2, 0) is 14.8 Å². The van der Waals surface area contributed by atoms with Crippen molar-refractivity contribution < 1.29 is 17.9 Å². The van der Waals surface area contributed by atoms with Crippen LogP contribution >= 0.6 is 0 Å². The Bertz CT molecular complexity index is 1300. The van der Waals surface area contributed by atoms with E-state index in [1.54, 1.807) is 28.9 Å². The predicted octanol–water partition coefficient (Wildman–Crippen LogP) is 2.13. The van der Waals surface area contributed by atoms with Gasteiger partial charge in [-0.3, -0.25) is 14.0 Å². The van der Waals surface area contributed by atoms with E-state index in [2.05, 4.69) is 15.3 Å². The molecule has 2 aliphatic heterocycles. The van der Waals surface area contributed by atoms with Crippen molar-refractivity contribution in [1.29, 1.82) is 0 Å². The van der Waals surface area contributed by atoms with Gasteiger partial charge in [0.15, 0.2) is 5.69 Å². The number of hydrogen-bond acceptors (Lipinski definition) is 6. The Morgan fingerprint density at radius 3 is 2.53 bits per heavy atom. The van der Waals surface area contributed by atoms with Crippen LogP contribution in [0.3, 0.4) is 0 Å². The lowest BCUT2D eigenvalue weighted by Gasteiger charge is -2.27. The summed E-state index contributed by atoms with van der Waals surface area (Å²) < 4.78 is 34.7. The third-order valence-corrected chi connectivity index (χ3v) is 8.03. The fourth-order valence-corrected chi connectivity index (χ4v) is 5.83. The van der Waals surface area contributed by atoms with Gasteiger partial charge in [0, 0.05) is 32.2 Å². The molecule has 0 atom stereocenters. The maximum Gasteiger partial charge on any atom is 0.274 e. The van der Waals surface area contributed by atoms with E-state index in [4.69, 9.17) is 4.74 Å². The summed E-state index contributed by atoms with van der Waals surface area (Å²) in [5.41, 5.74) is 2.22. The smallest absolute Gasteiger partial charge is 0.274 e. The van der Waals surface area contributed by atoms with E-state index in [-0.39, 0.29) is 16.3 Å². The molecule has 1 N–H and O–H groups in total. The Morgan fingerprint density at radius 2 is 1.76 bits per heavy atom. The zero-order valence-electron chi connectivity index (χ0n) is 19.0. The van der Waals surface area contributed by atoms with Crippen LogP contribution < -0.4 is 9.62 Å². The average Bonchev–Trinajstić information content (AvgIpc) is 3.27. The number of fused-ring (bicyclic) bond motifs is 3. The summed E-state index contributed by atoms with van der Waals surface area (Å²) in [6.07, 6.45) is 0.782. The molecular weight excluding hydrogens is 454 g/mol. The van der Waals surface area contributed by atoms with Crippen LogP contribution in [0.2, 0.25) is 0 Å². The molecular formula is C24H27N5O4S. The maximum atomic E-state index is 13.3. The molecule has 1 aromatic heterocycles. The standard InChI is InChI=1S/C24H27N5O4S/c1-27-23-21(24(30)25-12-7-13-28-14-16-33-17-15-28)26-29(18-8-3-2-4-9-18)22(23)19-10-5-6-11-20(19)34(27,31)32/h2-6,8-11H,7,12-17H2,1H3,(H,25,30). The molecule has 0 bridgehead atoms. The van der Waals surface area contributed by atoms with E-state index in [1.807, 2.05) is 30.3 Å². The number of amides is 1. The van der Waals surface area contributed by atoms with Gasteiger partial charge in [-0.05, 0) is 31.2 Å². The van der Waals surface area contributed by atoms with E-state index in [0.717, 1.165) is 45.0 Å². The highest BCUT2D eigenvalue weighted by Crippen LogP contribution is 2.45. The van der Waals surface area contributed by atoms with Crippen LogP contribution in [0.1, 0.15) is 16.9 Å². The lowest BCUT2D eigenvalue weighted by molar-refractivity contribution is 0.0374. The topological polar surface area (TPSA) is 96.8 Å². The lowest BCUT2D eigenvalue weighted by Crippen LogP contribution is -2.38. The van der Waals surface area contributed by atoms with Crippen LogP contribution in [-0.4, -0.2) is 75.4 Å². The largest absolute Gasteiger partial charge is 0.379 e. The second kappa shape index (κ2) is 9.21. The molecule has 178 valence electrons. The number of sulfonamides is 1. The normalized spacial score (nSPS) is 17.1. The van der Waals surface area contributed by atoms with Gasteiger partial charge >= 0.3 is 0 Å². The van der Waals surface area contributed by atoms with E-state index in [0.29, 0.717) is 17.8 Å². The SMILES string of the molecule is CN1c2c(C(=O)NCCCN3CCOCC3)nn(-c3ccccc3)c2-c2ccccc2S1(=O)=O. The number of para-hydroxylation sites is 1. The van der Waals surface area contributed by atoms with Crippen LogP contribution in [0.5, 0.6) is 0 Å². The number of nitrogens with zero attached hydrogens (tertiary/aromatic N) is 4. The minimum Gasteiger partial charge on any atom is -0.379 e. The van der Waals surface area contributed by atoms with Crippen molar-refractivity contribution in [2.75, 3.05) is 50.7 Å². The Balaban J connectivity index is 1.49. The number of ether oxygens (including phenoxy) is 1. The first-order valence-electron chi connectivity index (χ1n) is 11.3. The van der Waals surface area contributed by atoms with E-state index in [9.17, 15) is 13.2 Å². The Kier molecular flexibility index (Phi) is 6.11. The first-order chi connectivity index (χ1) is 16.5. The fourth-order valence-electron chi connectivity index (χ4n) is 4.43. The third-order valence-electron chi connectivity index (χ3n) is 6.21. The Morgan fingerprint density at radius 1 is 1.06 bits per heavy atom. The van der Waals surface area contributed by atoms with Crippen molar-refractivity contribution in [2.45, 2.75) is 11.3 Å². The Hall–Kier alpha value is -3.21. The first kappa shape index (κ1) is 22.6. The van der Waals surface area contributed by atoms with Gasteiger partial charge in [-0.1, -0.05) is 36.4 Å². The molecule has 10 heteroatoms. The highest BCUT2D eigenvalue weighted by molar-refractivity contribution is 7.93. The molecule has 0 radical (unpaired) electrons. The second-order valence-corrected chi connectivity index (χ2v) is 10.3. The molecule has 2 aromatic carbocycles. The molecule has 0 saturated carbocycles. The number of benzene rings is 2.